The van der Waals surface area contributed by atoms with Gasteiger partial charge in [0.1, 0.15) is 12.1 Å². The van der Waals surface area contributed by atoms with Crippen molar-refractivity contribution < 1.29 is 4.42 Å². The Morgan fingerprint density at radius 2 is 2.20 bits per heavy atom. The van der Waals surface area contributed by atoms with E-state index < -0.39 is 0 Å². The standard InChI is InChI=1S/C18H22N6O/c1-2-19-18(20-9-8-16-7-4-10-25-16)21-12-14-5-3-6-15(11-14)17-22-13-23-24-17/h3-7,10-11,13H,2,8-9,12H2,1H3,(H2,19,20,21)(H,22,23,24). The molecule has 2 aromatic heterocycles. The first-order chi connectivity index (χ1) is 12.3. The van der Waals surface area contributed by atoms with Gasteiger partial charge < -0.3 is 15.1 Å². The second-order valence-corrected chi connectivity index (χ2v) is 5.49. The van der Waals surface area contributed by atoms with Gasteiger partial charge in [-0.05, 0) is 30.7 Å². The van der Waals surface area contributed by atoms with E-state index in [-0.39, 0.29) is 0 Å². The first kappa shape index (κ1) is 16.8. The van der Waals surface area contributed by atoms with Gasteiger partial charge in [0.2, 0.25) is 0 Å². The van der Waals surface area contributed by atoms with Crippen molar-refractivity contribution in [2.45, 2.75) is 19.9 Å². The summed E-state index contributed by atoms with van der Waals surface area (Å²) in [6.45, 7) is 4.20. The Kier molecular flexibility index (Phi) is 5.82. The van der Waals surface area contributed by atoms with E-state index >= 15 is 0 Å². The number of hydrogen-bond donors (Lipinski definition) is 3. The van der Waals surface area contributed by atoms with Gasteiger partial charge in [-0.2, -0.15) is 5.10 Å². The van der Waals surface area contributed by atoms with Gasteiger partial charge in [-0.3, -0.25) is 5.10 Å². The van der Waals surface area contributed by atoms with Crippen LogP contribution in [0.5, 0.6) is 0 Å². The number of rotatable bonds is 7. The monoisotopic (exact) mass is 338 g/mol. The first-order valence-corrected chi connectivity index (χ1v) is 8.34. The highest BCUT2D eigenvalue weighted by Crippen LogP contribution is 2.15. The molecule has 0 saturated carbocycles. The number of hydrogen-bond acceptors (Lipinski definition) is 4. The number of furan rings is 1. The Morgan fingerprint density at radius 3 is 2.96 bits per heavy atom. The van der Waals surface area contributed by atoms with E-state index in [1.54, 1.807) is 6.26 Å². The van der Waals surface area contributed by atoms with E-state index in [1.165, 1.54) is 6.33 Å². The van der Waals surface area contributed by atoms with Crippen molar-refractivity contribution in [2.24, 2.45) is 4.99 Å². The van der Waals surface area contributed by atoms with Crippen molar-refractivity contribution >= 4 is 5.96 Å². The lowest BCUT2D eigenvalue weighted by Crippen LogP contribution is -2.38. The Hall–Kier alpha value is -3.09. The summed E-state index contributed by atoms with van der Waals surface area (Å²) < 4.78 is 5.34. The van der Waals surface area contributed by atoms with Gasteiger partial charge >= 0.3 is 0 Å². The molecule has 7 heteroatoms. The Balaban J connectivity index is 1.59. The number of benzene rings is 1. The maximum absolute atomic E-state index is 5.34. The zero-order chi connectivity index (χ0) is 17.3. The van der Waals surface area contributed by atoms with Crippen LogP contribution in [0, 0.1) is 0 Å². The molecule has 1 aromatic carbocycles. The summed E-state index contributed by atoms with van der Waals surface area (Å²) in [6.07, 6.45) is 4.01. The number of H-pyrrole nitrogens is 1. The third-order valence-electron chi connectivity index (χ3n) is 3.62. The molecule has 3 N–H and O–H groups in total. The minimum atomic E-state index is 0.581. The van der Waals surface area contributed by atoms with E-state index in [2.05, 4.69) is 42.9 Å². The highest BCUT2D eigenvalue weighted by Gasteiger charge is 2.03. The molecule has 25 heavy (non-hydrogen) atoms. The highest BCUT2D eigenvalue weighted by atomic mass is 16.3. The van der Waals surface area contributed by atoms with E-state index in [0.29, 0.717) is 6.54 Å². The lowest BCUT2D eigenvalue weighted by molar-refractivity contribution is 0.507. The Bertz CT molecular complexity index is 780. The average Bonchev–Trinajstić information content (AvgIpc) is 3.34. The van der Waals surface area contributed by atoms with Crippen LogP contribution in [0.4, 0.5) is 0 Å². The van der Waals surface area contributed by atoms with Crippen molar-refractivity contribution in [2.75, 3.05) is 13.1 Å². The number of aliphatic imine (C=N–C) groups is 1. The maximum atomic E-state index is 5.34. The predicted octanol–water partition coefficient (Wildman–Crippen LogP) is 2.36. The van der Waals surface area contributed by atoms with Crippen molar-refractivity contribution in [3.05, 3.63) is 60.3 Å². The molecule has 0 unspecified atom stereocenters. The zero-order valence-corrected chi connectivity index (χ0v) is 14.2. The van der Waals surface area contributed by atoms with Crippen molar-refractivity contribution in [1.29, 1.82) is 0 Å². The van der Waals surface area contributed by atoms with Crippen LogP contribution in [0.15, 0.2) is 58.4 Å². The molecule has 130 valence electrons. The van der Waals surface area contributed by atoms with E-state index in [1.807, 2.05) is 31.2 Å². The summed E-state index contributed by atoms with van der Waals surface area (Å²) in [6, 6.07) is 12.0. The van der Waals surface area contributed by atoms with E-state index in [4.69, 9.17) is 4.42 Å². The zero-order valence-electron chi connectivity index (χ0n) is 14.2. The van der Waals surface area contributed by atoms with Crippen LogP contribution in [-0.4, -0.2) is 34.2 Å². The third kappa shape index (κ3) is 4.94. The fourth-order valence-electron chi connectivity index (χ4n) is 2.43. The van der Waals surface area contributed by atoms with Gasteiger partial charge in [-0.15, -0.1) is 0 Å². The maximum Gasteiger partial charge on any atom is 0.191 e. The molecule has 0 bridgehead atoms. The van der Waals surface area contributed by atoms with Crippen LogP contribution in [0.25, 0.3) is 11.4 Å². The van der Waals surface area contributed by atoms with E-state index in [0.717, 1.165) is 48.2 Å². The van der Waals surface area contributed by atoms with Gasteiger partial charge in [0, 0.05) is 25.1 Å². The van der Waals surface area contributed by atoms with Crippen molar-refractivity contribution in [1.82, 2.24) is 25.8 Å². The Morgan fingerprint density at radius 1 is 1.24 bits per heavy atom. The summed E-state index contributed by atoms with van der Waals surface area (Å²) >= 11 is 0. The second kappa shape index (κ2) is 8.68. The largest absolute Gasteiger partial charge is 0.469 e. The molecule has 0 atom stereocenters. The van der Waals surface area contributed by atoms with Gasteiger partial charge in [0.25, 0.3) is 0 Å². The summed E-state index contributed by atoms with van der Waals surface area (Å²) in [5, 5.41) is 13.3. The fourth-order valence-corrected chi connectivity index (χ4v) is 2.43. The summed E-state index contributed by atoms with van der Waals surface area (Å²) in [4.78, 5) is 8.82. The van der Waals surface area contributed by atoms with Gasteiger partial charge in [0.05, 0.1) is 12.8 Å². The number of nitrogens with one attached hydrogen (secondary N) is 3. The van der Waals surface area contributed by atoms with Crippen LogP contribution in [0.2, 0.25) is 0 Å². The van der Waals surface area contributed by atoms with Crippen LogP contribution >= 0.6 is 0 Å². The number of aromatic amines is 1. The highest BCUT2D eigenvalue weighted by molar-refractivity contribution is 5.79. The lowest BCUT2D eigenvalue weighted by Gasteiger charge is -2.11. The molecular formula is C18H22N6O. The third-order valence-corrected chi connectivity index (χ3v) is 3.62. The quantitative estimate of drug-likeness (QED) is 0.454. The molecule has 0 saturated heterocycles. The number of aromatic nitrogens is 3. The molecule has 0 aliphatic carbocycles. The smallest absolute Gasteiger partial charge is 0.191 e. The molecule has 0 aliphatic heterocycles. The van der Waals surface area contributed by atoms with Gasteiger partial charge in [-0.25, -0.2) is 9.98 Å². The van der Waals surface area contributed by atoms with Gasteiger partial charge in [-0.1, -0.05) is 18.2 Å². The normalized spacial score (nSPS) is 11.5. The van der Waals surface area contributed by atoms with Crippen LogP contribution < -0.4 is 10.6 Å². The van der Waals surface area contributed by atoms with Gasteiger partial charge in [0.15, 0.2) is 11.8 Å². The average molecular weight is 338 g/mol. The molecule has 0 aliphatic rings. The molecule has 7 nitrogen and oxygen atoms in total. The molecule has 0 amide bonds. The SMILES string of the molecule is CCNC(=NCc1cccc(-c2ncn[nH]2)c1)NCCc1ccco1. The minimum absolute atomic E-state index is 0.581. The lowest BCUT2D eigenvalue weighted by atomic mass is 10.1. The minimum Gasteiger partial charge on any atom is -0.469 e. The second-order valence-electron chi connectivity index (χ2n) is 5.49. The fraction of sp³-hybridized carbons (Fsp3) is 0.278. The molecular weight excluding hydrogens is 316 g/mol. The Labute approximate surface area is 146 Å². The molecule has 2 heterocycles. The van der Waals surface area contributed by atoms with Crippen LogP contribution in [0.1, 0.15) is 18.2 Å². The molecule has 0 radical (unpaired) electrons. The molecule has 0 spiro atoms. The van der Waals surface area contributed by atoms with Crippen molar-refractivity contribution in [3.8, 4) is 11.4 Å². The summed E-state index contributed by atoms with van der Waals surface area (Å²) in [7, 11) is 0. The first-order valence-electron chi connectivity index (χ1n) is 8.34. The number of nitrogens with zero attached hydrogens (tertiary/aromatic N) is 3. The molecule has 3 rings (SSSR count). The van der Waals surface area contributed by atoms with Crippen LogP contribution in [0.3, 0.4) is 0 Å². The molecule has 3 aromatic rings. The summed E-state index contributed by atoms with van der Waals surface area (Å²) in [5.74, 6) is 2.51. The predicted molar refractivity (Wildman–Crippen MR) is 97.0 cm³/mol. The topological polar surface area (TPSA) is 91.1 Å². The van der Waals surface area contributed by atoms with Crippen molar-refractivity contribution in [3.63, 3.8) is 0 Å². The van der Waals surface area contributed by atoms with E-state index in [9.17, 15) is 0 Å². The summed E-state index contributed by atoms with van der Waals surface area (Å²) in [5.41, 5.74) is 2.11. The number of guanidine groups is 1. The molecule has 0 fully saturated rings. The van der Waals surface area contributed by atoms with Crippen LogP contribution in [-0.2, 0) is 13.0 Å².